The van der Waals surface area contributed by atoms with E-state index in [9.17, 15) is 4.39 Å². The Labute approximate surface area is 115 Å². The predicted octanol–water partition coefficient (Wildman–Crippen LogP) is 5.39. The number of aryl methyl sites for hydroxylation is 1. The highest BCUT2D eigenvalue weighted by molar-refractivity contribution is 5.64. The number of hydrogen-bond donors (Lipinski definition) is 0. The maximum atomic E-state index is 13.9. The van der Waals surface area contributed by atoms with Crippen molar-refractivity contribution in [2.24, 2.45) is 5.92 Å². The molecule has 0 aliphatic rings. The third-order valence-corrected chi connectivity index (χ3v) is 3.67. The molecule has 0 aliphatic heterocycles. The first-order chi connectivity index (χ1) is 9.10. The molecule has 2 aromatic carbocycles. The van der Waals surface area contributed by atoms with Crippen LogP contribution in [0, 0.1) is 18.7 Å². The number of benzene rings is 2. The average Bonchev–Trinajstić information content (AvgIpc) is 2.40. The summed E-state index contributed by atoms with van der Waals surface area (Å²) >= 11 is 0. The van der Waals surface area contributed by atoms with Crippen molar-refractivity contribution in [3.8, 4) is 11.1 Å². The van der Waals surface area contributed by atoms with Crippen molar-refractivity contribution in [3.05, 3.63) is 59.4 Å². The van der Waals surface area contributed by atoms with Crippen molar-refractivity contribution < 1.29 is 4.39 Å². The van der Waals surface area contributed by atoms with Crippen LogP contribution in [-0.4, -0.2) is 0 Å². The summed E-state index contributed by atoms with van der Waals surface area (Å²) in [4.78, 5) is 0. The second kappa shape index (κ2) is 6.01. The molecule has 0 radical (unpaired) electrons. The van der Waals surface area contributed by atoms with Crippen LogP contribution in [0.5, 0.6) is 0 Å². The molecule has 0 bridgehead atoms. The van der Waals surface area contributed by atoms with E-state index in [0.717, 1.165) is 17.5 Å². The average molecular weight is 256 g/mol. The molecule has 0 saturated carbocycles. The van der Waals surface area contributed by atoms with Gasteiger partial charge in [0.1, 0.15) is 5.82 Å². The zero-order valence-corrected chi connectivity index (χ0v) is 11.9. The Hall–Kier alpha value is -1.63. The molecule has 100 valence electrons. The summed E-state index contributed by atoms with van der Waals surface area (Å²) in [5, 5.41) is 0. The first-order valence-corrected chi connectivity index (χ1v) is 6.95. The van der Waals surface area contributed by atoms with Crippen LogP contribution in [0.4, 0.5) is 4.39 Å². The first kappa shape index (κ1) is 13.8. The van der Waals surface area contributed by atoms with Crippen molar-refractivity contribution in [2.45, 2.75) is 33.6 Å². The molecule has 0 nitrogen and oxygen atoms in total. The zero-order chi connectivity index (χ0) is 13.8. The van der Waals surface area contributed by atoms with Crippen LogP contribution in [0.1, 0.15) is 31.4 Å². The molecule has 0 saturated heterocycles. The van der Waals surface area contributed by atoms with Crippen molar-refractivity contribution in [1.29, 1.82) is 0 Å². The Kier molecular flexibility index (Phi) is 4.36. The Morgan fingerprint density at radius 3 is 2.32 bits per heavy atom. The minimum Gasteiger partial charge on any atom is -0.206 e. The van der Waals surface area contributed by atoms with Crippen LogP contribution >= 0.6 is 0 Å². The molecule has 2 aromatic rings. The van der Waals surface area contributed by atoms with E-state index in [2.05, 4.69) is 26.0 Å². The molecule has 2 rings (SSSR count). The predicted molar refractivity (Wildman–Crippen MR) is 79.7 cm³/mol. The molecule has 1 heteroatoms. The molecule has 0 amide bonds. The fraction of sp³-hybridized carbons (Fsp3) is 0.333. The topological polar surface area (TPSA) is 0 Å². The van der Waals surface area contributed by atoms with Crippen molar-refractivity contribution >= 4 is 0 Å². The smallest absolute Gasteiger partial charge is 0.131 e. The van der Waals surface area contributed by atoms with Gasteiger partial charge in [0.25, 0.3) is 0 Å². The first-order valence-electron chi connectivity index (χ1n) is 6.95. The van der Waals surface area contributed by atoms with Gasteiger partial charge >= 0.3 is 0 Å². The van der Waals surface area contributed by atoms with Gasteiger partial charge in [-0.25, -0.2) is 4.39 Å². The van der Waals surface area contributed by atoms with Crippen LogP contribution in [0.15, 0.2) is 42.5 Å². The largest absolute Gasteiger partial charge is 0.206 e. The van der Waals surface area contributed by atoms with Gasteiger partial charge in [-0.1, -0.05) is 56.7 Å². The lowest BCUT2D eigenvalue weighted by Gasteiger charge is -2.10. The Morgan fingerprint density at radius 1 is 1.05 bits per heavy atom. The van der Waals surface area contributed by atoms with Gasteiger partial charge in [0.05, 0.1) is 0 Å². The molecule has 0 aromatic heterocycles. The lowest BCUT2D eigenvalue weighted by molar-refractivity contribution is 0.560. The molecule has 0 heterocycles. The van der Waals surface area contributed by atoms with Gasteiger partial charge in [-0.2, -0.15) is 0 Å². The summed E-state index contributed by atoms with van der Waals surface area (Å²) in [6.07, 6.45) is 2.28. The van der Waals surface area contributed by atoms with Crippen molar-refractivity contribution in [1.82, 2.24) is 0 Å². The van der Waals surface area contributed by atoms with Crippen molar-refractivity contribution in [2.75, 3.05) is 0 Å². The van der Waals surface area contributed by atoms with Crippen LogP contribution in [0.25, 0.3) is 11.1 Å². The summed E-state index contributed by atoms with van der Waals surface area (Å²) < 4.78 is 13.9. The lowest BCUT2D eigenvalue weighted by atomic mass is 9.96. The standard InChI is InChI=1S/C18H21F/c1-4-13(2)11-15-6-8-16(9-7-15)17-10-5-14(3)12-18(17)19/h5-10,12-13H,4,11H2,1-3H3. The summed E-state index contributed by atoms with van der Waals surface area (Å²) in [5.74, 6) is 0.552. The fourth-order valence-corrected chi connectivity index (χ4v) is 2.22. The molecule has 19 heavy (non-hydrogen) atoms. The van der Waals surface area contributed by atoms with Gasteiger partial charge < -0.3 is 0 Å². The van der Waals surface area contributed by atoms with Gasteiger partial charge in [0, 0.05) is 5.56 Å². The molecule has 1 atom stereocenters. The summed E-state index contributed by atoms with van der Waals surface area (Å²) in [6, 6.07) is 13.7. The van der Waals surface area contributed by atoms with Gasteiger partial charge in [0.15, 0.2) is 0 Å². The third kappa shape index (κ3) is 3.44. The van der Waals surface area contributed by atoms with E-state index in [1.54, 1.807) is 6.07 Å². The molecule has 0 spiro atoms. The lowest BCUT2D eigenvalue weighted by Crippen LogP contribution is -1.97. The highest BCUT2D eigenvalue weighted by atomic mass is 19.1. The Balaban J connectivity index is 2.22. The van der Waals surface area contributed by atoms with E-state index in [0.29, 0.717) is 11.5 Å². The Morgan fingerprint density at radius 2 is 1.74 bits per heavy atom. The van der Waals surface area contributed by atoms with Gasteiger partial charge in [0.2, 0.25) is 0 Å². The molecule has 0 N–H and O–H groups in total. The van der Waals surface area contributed by atoms with Gasteiger partial charge in [-0.15, -0.1) is 0 Å². The van der Waals surface area contributed by atoms with E-state index in [1.807, 2.05) is 31.2 Å². The summed E-state index contributed by atoms with van der Waals surface area (Å²) in [5.41, 5.74) is 3.91. The zero-order valence-electron chi connectivity index (χ0n) is 11.9. The van der Waals surface area contributed by atoms with Crippen LogP contribution in [0.3, 0.4) is 0 Å². The number of rotatable bonds is 4. The van der Waals surface area contributed by atoms with E-state index < -0.39 is 0 Å². The van der Waals surface area contributed by atoms with Gasteiger partial charge in [-0.3, -0.25) is 0 Å². The number of halogens is 1. The molecular formula is C18H21F. The number of hydrogen-bond acceptors (Lipinski definition) is 0. The van der Waals surface area contributed by atoms with Crippen LogP contribution in [-0.2, 0) is 6.42 Å². The molecule has 1 unspecified atom stereocenters. The Bertz CT molecular complexity index is 540. The highest BCUT2D eigenvalue weighted by Crippen LogP contribution is 2.24. The minimum absolute atomic E-state index is 0.144. The quantitative estimate of drug-likeness (QED) is 0.688. The molecule has 0 fully saturated rings. The van der Waals surface area contributed by atoms with E-state index in [1.165, 1.54) is 12.0 Å². The van der Waals surface area contributed by atoms with E-state index >= 15 is 0 Å². The maximum Gasteiger partial charge on any atom is 0.131 e. The van der Waals surface area contributed by atoms with E-state index in [-0.39, 0.29) is 5.82 Å². The second-order valence-electron chi connectivity index (χ2n) is 5.40. The van der Waals surface area contributed by atoms with Gasteiger partial charge in [-0.05, 0) is 42.0 Å². The second-order valence-corrected chi connectivity index (χ2v) is 5.40. The highest BCUT2D eigenvalue weighted by Gasteiger charge is 2.06. The van der Waals surface area contributed by atoms with E-state index in [4.69, 9.17) is 0 Å². The van der Waals surface area contributed by atoms with Crippen LogP contribution < -0.4 is 0 Å². The fourth-order valence-electron chi connectivity index (χ4n) is 2.22. The molecular weight excluding hydrogens is 235 g/mol. The van der Waals surface area contributed by atoms with Crippen molar-refractivity contribution in [3.63, 3.8) is 0 Å². The van der Waals surface area contributed by atoms with Crippen LogP contribution in [0.2, 0.25) is 0 Å². The summed E-state index contributed by atoms with van der Waals surface area (Å²) in [7, 11) is 0. The maximum absolute atomic E-state index is 13.9. The normalized spacial score (nSPS) is 12.4. The molecule has 0 aliphatic carbocycles. The minimum atomic E-state index is -0.144. The monoisotopic (exact) mass is 256 g/mol. The third-order valence-electron chi connectivity index (χ3n) is 3.67. The summed E-state index contributed by atoms with van der Waals surface area (Å²) in [6.45, 7) is 6.37. The SMILES string of the molecule is CCC(C)Cc1ccc(-c2ccc(C)cc2F)cc1.